The van der Waals surface area contributed by atoms with E-state index in [1.165, 1.54) is 13.4 Å². The topological polar surface area (TPSA) is 145 Å². The van der Waals surface area contributed by atoms with E-state index in [0.29, 0.717) is 24.2 Å². The molecular weight excluding hydrogens is 402 g/mol. The Bertz CT molecular complexity index is 988. The number of ether oxygens (including phenoxy) is 3. The van der Waals surface area contributed by atoms with Gasteiger partial charge in [-0.1, -0.05) is 0 Å². The minimum absolute atomic E-state index is 0.0468. The van der Waals surface area contributed by atoms with E-state index >= 15 is 0 Å². The summed E-state index contributed by atoms with van der Waals surface area (Å²) in [6, 6.07) is 5.89. The summed E-state index contributed by atoms with van der Waals surface area (Å²) in [6.45, 7) is 4.98. The minimum atomic E-state index is -1.12. The number of nitrogens with zero attached hydrogens (tertiary/aromatic N) is 4. The lowest BCUT2D eigenvalue weighted by Crippen LogP contribution is -2.34. The molecule has 3 N–H and O–H groups in total. The van der Waals surface area contributed by atoms with Crippen molar-refractivity contribution in [2.45, 2.75) is 63.9 Å². The number of methoxy groups -OCH3 is 1. The van der Waals surface area contributed by atoms with E-state index in [2.05, 4.69) is 20.9 Å². The van der Waals surface area contributed by atoms with Crippen LogP contribution in [0.2, 0.25) is 0 Å². The third-order valence-electron chi connectivity index (χ3n) is 5.65. The third kappa shape index (κ3) is 5.12. The zero-order valence-electron chi connectivity index (χ0n) is 18.3. The summed E-state index contributed by atoms with van der Waals surface area (Å²) < 4.78 is 17.6. The van der Waals surface area contributed by atoms with Crippen molar-refractivity contribution in [3.8, 4) is 6.07 Å². The number of aromatic nitrogens is 3. The molecule has 0 amide bonds. The second kappa shape index (κ2) is 8.42. The van der Waals surface area contributed by atoms with Crippen molar-refractivity contribution < 1.29 is 24.1 Å². The maximum Gasteiger partial charge on any atom is 0.311 e. The van der Waals surface area contributed by atoms with Gasteiger partial charge in [0, 0.05) is 7.11 Å². The lowest BCUT2D eigenvalue weighted by Gasteiger charge is -2.22. The van der Waals surface area contributed by atoms with Gasteiger partial charge in [0.15, 0.2) is 17.2 Å². The Balaban J connectivity index is 0.000000401. The van der Waals surface area contributed by atoms with Gasteiger partial charge in [-0.05, 0) is 58.6 Å². The van der Waals surface area contributed by atoms with Gasteiger partial charge in [-0.3, -0.25) is 4.79 Å². The summed E-state index contributed by atoms with van der Waals surface area (Å²) in [5.41, 5.74) is 5.87. The van der Waals surface area contributed by atoms with Crippen LogP contribution in [0.5, 0.6) is 0 Å². The Morgan fingerprint density at radius 2 is 2.13 bits per heavy atom. The summed E-state index contributed by atoms with van der Waals surface area (Å²) in [4.78, 5) is 16.0. The normalized spacial score (nSPS) is 24.2. The van der Waals surface area contributed by atoms with Crippen LogP contribution in [0.3, 0.4) is 0 Å². The monoisotopic (exact) mass is 431 g/mol. The maximum atomic E-state index is 12.0. The van der Waals surface area contributed by atoms with Crippen molar-refractivity contribution in [3.63, 3.8) is 0 Å². The van der Waals surface area contributed by atoms with E-state index < -0.39 is 11.4 Å². The molecule has 1 saturated carbocycles. The largest absolute Gasteiger partial charge is 0.461 e. The molecule has 168 valence electrons. The van der Waals surface area contributed by atoms with Crippen LogP contribution < -0.4 is 5.73 Å². The Morgan fingerprint density at radius 3 is 2.71 bits per heavy atom. The van der Waals surface area contributed by atoms with Gasteiger partial charge in [-0.2, -0.15) is 10.4 Å². The molecule has 0 aromatic carbocycles. The molecule has 0 radical (unpaired) electrons. The van der Waals surface area contributed by atoms with E-state index in [4.69, 9.17) is 20.3 Å². The van der Waals surface area contributed by atoms with Crippen LogP contribution in [0.4, 0.5) is 5.82 Å². The summed E-state index contributed by atoms with van der Waals surface area (Å²) in [5, 5.41) is 22.4. The number of nitrogens with two attached hydrogens (primary N) is 1. The first-order valence-corrected chi connectivity index (χ1v) is 10.1. The number of carbonyl (C=O) groups excluding carboxylic acids is 1. The molecule has 31 heavy (non-hydrogen) atoms. The van der Waals surface area contributed by atoms with Crippen LogP contribution in [0.25, 0.3) is 5.52 Å². The van der Waals surface area contributed by atoms with Gasteiger partial charge in [-0.25, -0.2) is 9.50 Å². The highest BCUT2D eigenvalue weighted by molar-refractivity contribution is 5.79. The molecule has 3 heterocycles. The number of hydrogen-bond acceptors (Lipinski definition) is 9. The average molecular weight is 431 g/mol. The Kier molecular flexibility index (Phi) is 6.23. The highest BCUT2D eigenvalue weighted by Gasteiger charge is 2.49. The molecule has 10 nitrogen and oxygen atoms in total. The standard InChI is InChI=1S/C17H19N5O3.C4H10O2/c1-16(6-7-16)15(23)24-9-17(8-18)5-4-13(25-17)11-2-3-12-14(19)20-10-21-22(11)12;1-4(2,5)6-3/h2-3,10,13H,4-7,9H2,1H3,(H2,19,20,21);5H,1-3H3/t13-,17-;/m1./s1. The van der Waals surface area contributed by atoms with Gasteiger partial charge in [0.2, 0.25) is 0 Å². The molecule has 2 aromatic rings. The SMILES string of the molecule is CC1(C(=O)OC[C@]2(C#N)CC[C@H](c3ccc4c(N)ncnn34)O2)CC1.COC(C)(C)O. The smallest absolute Gasteiger partial charge is 0.311 e. The Hall–Kier alpha value is -2.74. The van der Waals surface area contributed by atoms with E-state index in [0.717, 1.165) is 18.5 Å². The fraction of sp³-hybridized carbons (Fsp3) is 0.619. The first-order chi connectivity index (χ1) is 14.5. The third-order valence-corrected chi connectivity index (χ3v) is 5.65. The Morgan fingerprint density at radius 1 is 1.45 bits per heavy atom. The number of carbonyl (C=O) groups is 1. The number of aliphatic hydroxyl groups is 1. The predicted molar refractivity (Wildman–Crippen MR) is 110 cm³/mol. The fourth-order valence-electron chi connectivity index (χ4n) is 3.15. The molecule has 1 aliphatic carbocycles. The van der Waals surface area contributed by atoms with Crippen LogP contribution in [-0.2, 0) is 19.0 Å². The lowest BCUT2D eigenvalue weighted by atomic mass is 10.0. The highest BCUT2D eigenvalue weighted by atomic mass is 16.6. The van der Waals surface area contributed by atoms with Gasteiger partial charge < -0.3 is 25.1 Å². The zero-order chi connectivity index (χ0) is 22.9. The van der Waals surface area contributed by atoms with Crippen LogP contribution >= 0.6 is 0 Å². The molecular formula is C21H29N5O5. The van der Waals surface area contributed by atoms with E-state index in [9.17, 15) is 10.1 Å². The van der Waals surface area contributed by atoms with E-state index in [-0.39, 0.29) is 24.1 Å². The molecule has 0 spiro atoms. The summed E-state index contributed by atoms with van der Waals surface area (Å²) in [7, 11) is 1.46. The molecule has 2 aliphatic rings. The Labute approximate surface area is 180 Å². The quantitative estimate of drug-likeness (QED) is 0.537. The molecule has 10 heteroatoms. The number of nitrogen functional groups attached to an aromatic ring is 1. The summed E-state index contributed by atoms with van der Waals surface area (Å²) in [5.74, 6) is -0.819. The van der Waals surface area contributed by atoms with Crippen LogP contribution in [0.15, 0.2) is 18.5 Å². The highest BCUT2D eigenvalue weighted by Crippen LogP contribution is 2.47. The van der Waals surface area contributed by atoms with Crippen molar-refractivity contribution in [3.05, 3.63) is 24.2 Å². The van der Waals surface area contributed by atoms with Crippen LogP contribution in [0.1, 0.15) is 58.3 Å². The average Bonchev–Trinajstić information content (AvgIpc) is 3.16. The molecule has 0 bridgehead atoms. The molecule has 0 unspecified atom stereocenters. The number of anilines is 1. The van der Waals surface area contributed by atoms with Crippen LogP contribution in [0, 0.1) is 16.7 Å². The minimum Gasteiger partial charge on any atom is -0.461 e. The number of hydrogen-bond donors (Lipinski definition) is 2. The second-order valence-corrected chi connectivity index (χ2v) is 8.74. The van der Waals surface area contributed by atoms with Gasteiger partial charge in [0.25, 0.3) is 0 Å². The van der Waals surface area contributed by atoms with Crippen molar-refractivity contribution in [2.75, 3.05) is 19.5 Å². The van der Waals surface area contributed by atoms with E-state index in [1.807, 2.05) is 19.1 Å². The van der Waals surface area contributed by atoms with Crippen molar-refractivity contribution >= 4 is 17.3 Å². The molecule has 1 aliphatic heterocycles. The summed E-state index contributed by atoms with van der Waals surface area (Å²) >= 11 is 0. The molecule has 1 saturated heterocycles. The molecule has 2 atom stereocenters. The second-order valence-electron chi connectivity index (χ2n) is 8.74. The first-order valence-electron chi connectivity index (χ1n) is 10.1. The lowest BCUT2D eigenvalue weighted by molar-refractivity contribution is -0.157. The molecule has 2 fully saturated rings. The van der Waals surface area contributed by atoms with Crippen molar-refractivity contribution in [1.29, 1.82) is 5.26 Å². The van der Waals surface area contributed by atoms with Crippen molar-refractivity contribution in [2.24, 2.45) is 5.41 Å². The number of esters is 1. The fourth-order valence-corrected chi connectivity index (χ4v) is 3.15. The predicted octanol–water partition coefficient (Wildman–Crippen LogP) is 2.13. The molecule has 4 rings (SSSR count). The zero-order valence-corrected chi connectivity index (χ0v) is 18.3. The first kappa shape index (κ1) is 22.9. The molecule has 2 aromatic heterocycles. The number of fused-ring (bicyclic) bond motifs is 1. The van der Waals surface area contributed by atoms with Crippen LogP contribution in [-0.4, -0.2) is 50.8 Å². The van der Waals surface area contributed by atoms with E-state index in [1.54, 1.807) is 18.4 Å². The van der Waals surface area contributed by atoms with Crippen molar-refractivity contribution in [1.82, 2.24) is 14.6 Å². The van der Waals surface area contributed by atoms with Gasteiger partial charge in [-0.15, -0.1) is 0 Å². The van der Waals surface area contributed by atoms with Gasteiger partial charge >= 0.3 is 5.97 Å². The number of nitriles is 1. The van der Waals surface area contributed by atoms with Gasteiger partial charge in [0.05, 0.1) is 11.1 Å². The summed E-state index contributed by atoms with van der Waals surface area (Å²) in [6.07, 6.45) is 3.88. The number of rotatable bonds is 5. The maximum absolute atomic E-state index is 12.0. The van der Waals surface area contributed by atoms with Gasteiger partial charge in [0.1, 0.15) is 30.6 Å².